The first kappa shape index (κ1) is 17.2. The Hall–Kier alpha value is -1.88. The second-order valence-electron chi connectivity index (χ2n) is 5.23. The summed E-state index contributed by atoms with van der Waals surface area (Å²) in [6.07, 6.45) is 0. The van der Waals surface area contributed by atoms with Crippen molar-refractivity contribution in [2.24, 2.45) is 5.92 Å². The minimum atomic E-state index is -0.108. The van der Waals surface area contributed by atoms with E-state index < -0.39 is 0 Å². The Labute approximate surface area is 126 Å². The lowest BCUT2D eigenvalue weighted by Crippen LogP contribution is -2.31. The molecule has 1 aromatic rings. The van der Waals surface area contributed by atoms with E-state index in [1.54, 1.807) is 11.9 Å². The topological polar surface area (TPSA) is 61.4 Å². The van der Waals surface area contributed by atoms with Gasteiger partial charge in [-0.15, -0.1) is 0 Å². The van der Waals surface area contributed by atoms with Crippen molar-refractivity contribution in [1.82, 2.24) is 10.2 Å². The van der Waals surface area contributed by atoms with Gasteiger partial charge in [0.05, 0.1) is 0 Å². The Bertz CT molecular complexity index is 488. The van der Waals surface area contributed by atoms with E-state index in [1.807, 2.05) is 38.1 Å². The number of amides is 2. The van der Waals surface area contributed by atoms with Crippen molar-refractivity contribution in [2.75, 3.05) is 25.5 Å². The molecule has 0 aliphatic heterocycles. The molecule has 0 bridgehead atoms. The van der Waals surface area contributed by atoms with Crippen LogP contribution in [0.3, 0.4) is 0 Å². The van der Waals surface area contributed by atoms with E-state index >= 15 is 0 Å². The van der Waals surface area contributed by atoms with Crippen LogP contribution in [0.2, 0.25) is 0 Å². The largest absolute Gasteiger partial charge is 0.342 e. The van der Waals surface area contributed by atoms with E-state index in [4.69, 9.17) is 0 Å². The second kappa shape index (κ2) is 8.42. The summed E-state index contributed by atoms with van der Waals surface area (Å²) < 4.78 is 0. The zero-order valence-corrected chi connectivity index (χ0v) is 13.3. The molecule has 0 saturated heterocycles. The van der Waals surface area contributed by atoms with Crippen LogP contribution in [0.15, 0.2) is 24.3 Å². The molecule has 5 heteroatoms. The van der Waals surface area contributed by atoms with Crippen molar-refractivity contribution in [3.63, 3.8) is 0 Å². The van der Waals surface area contributed by atoms with Crippen LogP contribution in [-0.2, 0) is 16.1 Å². The van der Waals surface area contributed by atoms with E-state index in [0.29, 0.717) is 13.1 Å². The number of rotatable bonds is 7. The van der Waals surface area contributed by atoms with Crippen molar-refractivity contribution in [2.45, 2.75) is 27.3 Å². The fraction of sp³-hybridized carbons (Fsp3) is 0.500. The quantitative estimate of drug-likeness (QED) is 0.806. The molecule has 1 unspecified atom stereocenters. The van der Waals surface area contributed by atoms with Crippen LogP contribution in [0, 0.1) is 5.92 Å². The highest BCUT2D eigenvalue weighted by Crippen LogP contribution is 2.17. The van der Waals surface area contributed by atoms with Gasteiger partial charge >= 0.3 is 0 Å². The number of nitrogens with one attached hydrogen (secondary N) is 2. The Morgan fingerprint density at radius 1 is 1.29 bits per heavy atom. The van der Waals surface area contributed by atoms with Gasteiger partial charge in [0.15, 0.2) is 0 Å². The summed E-state index contributed by atoms with van der Waals surface area (Å²) in [5.74, 6) is -0.130. The Balaban J connectivity index is 2.74. The molecular weight excluding hydrogens is 266 g/mol. The fourth-order valence-corrected chi connectivity index (χ4v) is 1.86. The zero-order chi connectivity index (χ0) is 15.8. The highest BCUT2D eigenvalue weighted by Gasteiger charge is 2.14. The molecule has 21 heavy (non-hydrogen) atoms. The molecule has 2 amide bonds. The van der Waals surface area contributed by atoms with Crippen molar-refractivity contribution in [1.29, 1.82) is 0 Å². The summed E-state index contributed by atoms with van der Waals surface area (Å²) in [7, 11) is 1.74. The lowest BCUT2D eigenvalue weighted by atomic mass is 10.1. The van der Waals surface area contributed by atoms with E-state index in [0.717, 1.165) is 17.8 Å². The summed E-state index contributed by atoms with van der Waals surface area (Å²) in [5.41, 5.74) is 1.69. The molecule has 5 nitrogen and oxygen atoms in total. The minimum Gasteiger partial charge on any atom is -0.342 e. The highest BCUT2D eigenvalue weighted by molar-refractivity contribution is 5.93. The Morgan fingerprint density at radius 3 is 2.57 bits per heavy atom. The average molecular weight is 291 g/mol. The molecular formula is C16H25N3O2. The monoisotopic (exact) mass is 291 g/mol. The van der Waals surface area contributed by atoms with Gasteiger partial charge in [-0.3, -0.25) is 9.59 Å². The number of anilines is 1. The van der Waals surface area contributed by atoms with E-state index in [2.05, 4.69) is 10.6 Å². The first-order chi connectivity index (χ1) is 9.95. The first-order valence-corrected chi connectivity index (χ1v) is 7.26. The molecule has 0 saturated carbocycles. The number of carbonyl (C=O) groups excluding carboxylic acids is 2. The number of nitrogens with zero attached hydrogens (tertiary/aromatic N) is 1. The molecule has 0 fully saturated rings. The molecule has 0 spiro atoms. The van der Waals surface area contributed by atoms with Gasteiger partial charge in [0, 0.05) is 38.7 Å². The van der Waals surface area contributed by atoms with Crippen molar-refractivity contribution < 1.29 is 9.59 Å². The summed E-state index contributed by atoms with van der Waals surface area (Å²) in [6.45, 7) is 7.41. The predicted octanol–water partition coefficient (Wildman–Crippen LogP) is 1.85. The zero-order valence-electron chi connectivity index (χ0n) is 13.3. The van der Waals surface area contributed by atoms with Gasteiger partial charge in [0.25, 0.3) is 0 Å². The summed E-state index contributed by atoms with van der Waals surface area (Å²) in [4.78, 5) is 25.1. The van der Waals surface area contributed by atoms with Gasteiger partial charge in [-0.2, -0.15) is 0 Å². The van der Waals surface area contributed by atoms with Crippen molar-refractivity contribution in [3.8, 4) is 0 Å². The fourth-order valence-electron chi connectivity index (χ4n) is 1.86. The van der Waals surface area contributed by atoms with Gasteiger partial charge in [-0.25, -0.2) is 0 Å². The van der Waals surface area contributed by atoms with Crippen LogP contribution in [0.25, 0.3) is 0 Å². The van der Waals surface area contributed by atoms with E-state index in [1.165, 1.54) is 6.92 Å². The maximum Gasteiger partial charge on any atom is 0.228 e. The summed E-state index contributed by atoms with van der Waals surface area (Å²) >= 11 is 0. The van der Waals surface area contributed by atoms with Crippen LogP contribution in [0.4, 0.5) is 5.69 Å². The number of para-hydroxylation sites is 1. The molecule has 116 valence electrons. The molecule has 1 rings (SSSR count). The molecule has 1 aromatic carbocycles. The smallest absolute Gasteiger partial charge is 0.228 e. The Morgan fingerprint density at radius 2 is 1.95 bits per heavy atom. The van der Waals surface area contributed by atoms with E-state index in [9.17, 15) is 9.59 Å². The first-order valence-electron chi connectivity index (χ1n) is 7.26. The molecule has 1 atom stereocenters. The third-order valence-corrected chi connectivity index (χ3v) is 3.37. The van der Waals surface area contributed by atoms with Crippen LogP contribution in [-0.4, -0.2) is 36.9 Å². The standard InChI is InChI=1S/C16H25N3O2/c1-5-17-10-12(2)16(21)18-15-9-7-6-8-14(15)11-19(4)13(3)20/h6-9,12,17H,5,10-11H2,1-4H3,(H,18,21). The van der Waals surface area contributed by atoms with Gasteiger partial charge in [0.1, 0.15) is 0 Å². The van der Waals surface area contributed by atoms with Crippen LogP contribution >= 0.6 is 0 Å². The molecule has 0 radical (unpaired) electrons. The number of hydrogen-bond donors (Lipinski definition) is 2. The number of benzene rings is 1. The summed E-state index contributed by atoms with van der Waals surface area (Å²) in [5, 5.41) is 6.11. The highest BCUT2D eigenvalue weighted by atomic mass is 16.2. The molecule has 0 aliphatic rings. The van der Waals surface area contributed by atoms with Crippen LogP contribution < -0.4 is 10.6 Å². The lowest BCUT2D eigenvalue weighted by molar-refractivity contribution is -0.128. The third kappa shape index (κ3) is 5.55. The second-order valence-corrected chi connectivity index (χ2v) is 5.23. The minimum absolute atomic E-state index is 0.00311. The van der Waals surface area contributed by atoms with Crippen LogP contribution in [0.5, 0.6) is 0 Å². The van der Waals surface area contributed by atoms with Crippen LogP contribution in [0.1, 0.15) is 26.3 Å². The molecule has 0 aromatic heterocycles. The normalized spacial score (nSPS) is 11.8. The number of hydrogen-bond acceptors (Lipinski definition) is 3. The van der Waals surface area contributed by atoms with Gasteiger partial charge in [-0.1, -0.05) is 32.0 Å². The predicted molar refractivity (Wildman–Crippen MR) is 84.9 cm³/mol. The Kier molecular flexibility index (Phi) is 6.88. The third-order valence-electron chi connectivity index (χ3n) is 3.37. The lowest BCUT2D eigenvalue weighted by Gasteiger charge is -2.19. The van der Waals surface area contributed by atoms with Crippen molar-refractivity contribution in [3.05, 3.63) is 29.8 Å². The number of carbonyl (C=O) groups is 2. The van der Waals surface area contributed by atoms with Gasteiger partial charge in [-0.05, 0) is 18.2 Å². The maximum absolute atomic E-state index is 12.2. The average Bonchev–Trinajstić information content (AvgIpc) is 2.46. The SMILES string of the molecule is CCNCC(C)C(=O)Nc1ccccc1CN(C)C(C)=O. The summed E-state index contributed by atoms with van der Waals surface area (Å²) in [6, 6.07) is 7.56. The van der Waals surface area contributed by atoms with Crippen molar-refractivity contribution >= 4 is 17.5 Å². The van der Waals surface area contributed by atoms with E-state index in [-0.39, 0.29) is 17.7 Å². The molecule has 0 heterocycles. The molecule has 2 N–H and O–H groups in total. The van der Waals surface area contributed by atoms with Gasteiger partial charge < -0.3 is 15.5 Å². The molecule has 0 aliphatic carbocycles. The maximum atomic E-state index is 12.2. The van der Waals surface area contributed by atoms with Gasteiger partial charge in [0.2, 0.25) is 11.8 Å².